The molecule has 2 heteroatoms. The van der Waals surface area contributed by atoms with Crippen LogP contribution in [0.4, 0.5) is 0 Å². The minimum Gasteiger partial charge on any atom is -0.465 e. The van der Waals surface area contributed by atoms with Gasteiger partial charge in [-0.05, 0) is 68.6 Å². The number of rotatable bonds is 19. The van der Waals surface area contributed by atoms with E-state index in [4.69, 9.17) is 4.74 Å². The molecule has 0 radical (unpaired) electrons. The normalized spacial score (nSPS) is 25.9. The first-order chi connectivity index (χ1) is 19.2. The standard InChI is InChI=1S/C37H68O2/c1-3-5-7-9-11-12-13-19-27-36(30-25-34(26-31-36)33-23-17-15-18-24-33)37(28-20-16-21-29-37)35(38)39-32-22-14-10-8-6-4-2/h33-34H,3-32H2,1-2H3. The van der Waals surface area contributed by atoms with Crippen LogP contribution in [0.25, 0.3) is 0 Å². The molecule has 0 atom stereocenters. The van der Waals surface area contributed by atoms with Gasteiger partial charge in [-0.15, -0.1) is 0 Å². The Morgan fingerprint density at radius 3 is 1.64 bits per heavy atom. The zero-order chi connectivity index (χ0) is 27.7. The van der Waals surface area contributed by atoms with Gasteiger partial charge < -0.3 is 4.74 Å². The van der Waals surface area contributed by atoms with Crippen molar-refractivity contribution in [3.8, 4) is 0 Å². The van der Waals surface area contributed by atoms with Crippen LogP contribution in [0.15, 0.2) is 0 Å². The quantitative estimate of drug-likeness (QED) is 0.119. The number of unbranched alkanes of at least 4 members (excludes halogenated alkanes) is 12. The van der Waals surface area contributed by atoms with Gasteiger partial charge in [0.1, 0.15) is 0 Å². The van der Waals surface area contributed by atoms with Crippen LogP contribution >= 0.6 is 0 Å². The van der Waals surface area contributed by atoms with Crippen molar-refractivity contribution < 1.29 is 9.53 Å². The van der Waals surface area contributed by atoms with Gasteiger partial charge in [-0.3, -0.25) is 4.79 Å². The van der Waals surface area contributed by atoms with Crippen molar-refractivity contribution in [3.63, 3.8) is 0 Å². The molecule has 3 rings (SSSR count). The lowest BCUT2D eigenvalue weighted by atomic mass is 9.49. The highest BCUT2D eigenvalue weighted by molar-refractivity contribution is 5.78. The molecule has 39 heavy (non-hydrogen) atoms. The van der Waals surface area contributed by atoms with Gasteiger partial charge >= 0.3 is 5.97 Å². The predicted molar refractivity (Wildman–Crippen MR) is 168 cm³/mol. The molecule has 0 aromatic heterocycles. The van der Waals surface area contributed by atoms with Crippen molar-refractivity contribution in [2.45, 2.75) is 200 Å². The van der Waals surface area contributed by atoms with E-state index in [0.29, 0.717) is 6.61 Å². The van der Waals surface area contributed by atoms with E-state index in [2.05, 4.69) is 13.8 Å². The van der Waals surface area contributed by atoms with Gasteiger partial charge in [-0.2, -0.15) is 0 Å². The average Bonchev–Trinajstić information content (AvgIpc) is 2.99. The summed E-state index contributed by atoms with van der Waals surface area (Å²) in [6, 6.07) is 0. The average molecular weight is 545 g/mol. The third-order valence-corrected chi connectivity index (χ3v) is 11.7. The van der Waals surface area contributed by atoms with Crippen molar-refractivity contribution in [2.24, 2.45) is 22.7 Å². The van der Waals surface area contributed by atoms with Gasteiger partial charge in [0.05, 0.1) is 12.0 Å². The fourth-order valence-corrected chi connectivity index (χ4v) is 9.13. The summed E-state index contributed by atoms with van der Waals surface area (Å²) in [5.74, 6) is 2.13. The lowest BCUT2D eigenvalue weighted by Crippen LogP contribution is -2.52. The first-order valence-electron chi connectivity index (χ1n) is 18.3. The molecular formula is C37H68O2. The van der Waals surface area contributed by atoms with Crippen molar-refractivity contribution in [2.75, 3.05) is 6.61 Å². The molecule has 0 N–H and O–H groups in total. The second kappa shape index (κ2) is 18.8. The summed E-state index contributed by atoms with van der Waals surface area (Å²) < 4.78 is 6.26. The minimum atomic E-state index is -0.188. The first-order valence-corrected chi connectivity index (χ1v) is 18.3. The molecule has 0 heterocycles. The van der Waals surface area contributed by atoms with Crippen molar-refractivity contribution in [3.05, 3.63) is 0 Å². The third-order valence-electron chi connectivity index (χ3n) is 11.7. The molecule has 2 nitrogen and oxygen atoms in total. The molecule has 0 aromatic rings. The molecule has 0 aliphatic heterocycles. The smallest absolute Gasteiger partial charge is 0.312 e. The van der Waals surface area contributed by atoms with Crippen LogP contribution in [-0.2, 0) is 9.53 Å². The lowest BCUT2D eigenvalue weighted by molar-refractivity contribution is -0.175. The molecule has 0 bridgehead atoms. The number of hydrogen-bond donors (Lipinski definition) is 0. The van der Waals surface area contributed by atoms with Crippen molar-refractivity contribution in [1.82, 2.24) is 0 Å². The summed E-state index contributed by atoms with van der Waals surface area (Å²) in [5.41, 5.74) is 0.0190. The number of ether oxygens (including phenoxy) is 1. The van der Waals surface area contributed by atoms with E-state index in [9.17, 15) is 4.79 Å². The molecule has 3 aliphatic carbocycles. The Hall–Kier alpha value is -0.530. The fourth-order valence-electron chi connectivity index (χ4n) is 9.13. The van der Waals surface area contributed by atoms with Crippen LogP contribution < -0.4 is 0 Å². The van der Waals surface area contributed by atoms with Crippen LogP contribution in [0, 0.1) is 22.7 Å². The SMILES string of the molecule is CCCCCCCCCCC1(C2(C(=O)OCCCCCCCC)CCCCC2)CCC(C2CCCCC2)CC1. The van der Waals surface area contributed by atoms with E-state index in [-0.39, 0.29) is 16.8 Å². The zero-order valence-electron chi connectivity index (χ0n) is 26.7. The maximum Gasteiger partial charge on any atom is 0.312 e. The largest absolute Gasteiger partial charge is 0.465 e. The second-order valence-corrected chi connectivity index (χ2v) is 14.3. The van der Waals surface area contributed by atoms with Crippen LogP contribution in [0.1, 0.15) is 200 Å². The minimum absolute atomic E-state index is 0.188. The Morgan fingerprint density at radius 1 is 0.564 bits per heavy atom. The molecule has 228 valence electrons. The molecule has 3 fully saturated rings. The highest BCUT2D eigenvalue weighted by Gasteiger charge is 2.57. The Morgan fingerprint density at radius 2 is 1.05 bits per heavy atom. The van der Waals surface area contributed by atoms with Gasteiger partial charge in [-0.1, -0.05) is 149 Å². The first kappa shape index (κ1) is 33.0. The Kier molecular flexibility index (Phi) is 15.9. The predicted octanol–water partition coefficient (Wildman–Crippen LogP) is 12.1. The number of carbonyl (C=O) groups excluding carboxylic acids is 1. The van der Waals surface area contributed by atoms with E-state index in [0.717, 1.165) is 31.1 Å². The molecule has 0 spiro atoms. The topological polar surface area (TPSA) is 26.3 Å². The van der Waals surface area contributed by atoms with Gasteiger partial charge in [0.2, 0.25) is 0 Å². The summed E-state index contributed by atoms with van der Waals surface area (Å²) in [7, 11) is 0. The summed E-state index contributed by atoms with van der Waals surface area (Å²) in [4.78, 5) is 14.2. The number of carbonyl (C=O) groups is 1. The summed E-state index contributed by atoms with van der Waals surface area (Å²) >= 11 is 0. The van der Waals surface area contributed by atoms with Crippen molar-refractivity contribution in [1.29, 1.82) is 0 Å². The maximum absolute atomic E-state index is 14.2. The van der Waals surface area contributed by atoms with Gasteiger partial charge in [0, 0.05) is 0 Å². The van der Waals surface area contributed by atoms with Gasteiger partial charge in [0.15, 0.2) is 0 Å². The lowest BCUT2D eigenvalue weighted by Gasteiger charge is -2.55. The molecule has 0 unspecified atom stereocenters. The Bertz CT molecular complexity index is 619. The van der Waals surface area contributed by atoms with Crippen LogP contribution in [-0.4, -0.2) is 12.6 Å². The van der Waals surface area contributed by atoms with Gasteiger partial charge in [-0.25, -0.2) is 0 Å². The highest BCUT2D eigenvalue weighted by Crippen LogP contribution is 2.61. The number of esters is 1. The van der Waals surface area contributed by atoms with Crippen LogP contribution in [0.2, 0.25) is 0 Å². The van der Waals surface area contributed by atoms with E-state index in [1.165, 1.54) is 167 Å². The molecular weight excluding hydrogens is 476 g/mol. The molecule has 0 aromatic carbocycles. The van der Waals surface area contributed by atoms with E-state index < -0.39 is 0 Å². The molecule has 3 saturated carbocycles. The second-order valence-electron chi connectivity index (χ2n) is 14.3. The fraction of sp³-hybridized carbons (Fsp3) is 0.973. The molecule has 0 saturated heterocycles. The van der Waals surface area contributed by atoms with Crippen LogP contribution in [0.3, 0.4) is 0 Å². The highest BCUT2D eigenvalue weighted by atomic mass is 16.5. The summed E-state index contributed by atoms with van der Waals surface area (Å²) in [6.07, 6.45) is 38.5. The zero-order valence-corrected chi connectivity index (χ0v) is 26.7. The van der Waals surface area contributed by atoms with E-state index in [1.807, 2.05) is 0 Å². The summed E-state index contributed by atoms with van der Waals surface area (Å²) in [5, 5.41) is 0. The monoisotopic (exact) mass is 545 g/mol. The Balaban J connectivity index is 1.62. The number of hydrogen-bond acceptors (Lipinski definition) is 2. The molecule has 3 aliphatic rings. The van der Waals surface area contributed by atoms with Crippen LogP contribution in [0.5, 0.6) is 0 Å². The van der Waals surface area contributed by atoms with Gasteiger partial charge in [0.25, 0.3) is 0 Å². The Labute approximate surface area is 244 Å². The van der Waals surface area contributed by atoms with Crippen molar-refractivity contribution >= 4 is 5.97 Å². The van der Waals surface area contributed by atoms with E-state index in [1.54, 1.807) is 0 Å². The summed E-state index contributed by atoms with van der Waals surface area (Å²) in [6.45, 7) is 5.24. The third kappa shape index (κ3) is 10.1. The molecule has 0 amide bonds. The maximum atomic E-state index is 14.2. The van der Waals surface area contributed by atoms with E-state index >= 15 is 0 Å².